The van der Waals surface area contributed by atoms with Gasteiger partial charge in [-0.05, 0) is 47.6 Å². The van der Waals surface area contributed by atoms with Crippen molar-refractivity contribution in [3.8, 4) is 0 Å². The molecule has 0 bridgehead atoms. The Kier molecular flexibility index (Phi) is 4.33. The second-order valence-electron chi connectivity index (χ2n) is 3.94. The second-order valence-corrected chi connectivity index (χ2v) is 4.79. The van der Waals surface area contributed by atoms with Crippen molar-refractivity contribution >= 4 is 21.7 Å². The van der Waals surface area contributed by atoms with Crippen molar-refractivity contribution in [2.75, 3.05) is 13.6 Å². The predicted molar refractivity (Wildman–Crippen MR) is 73.9 cm³/mol. The van der Waals surface area contributed by atoms with E-state index in [4.69, 9.17) is 4.42 Å². The van der Waals surface area contributed by atoms with Gasteiger partial charge in [0, 0.05) is 5.56 Å². The molecule has 3 nitrogen and oxygen atoms in total. The van der Waals surface area contributed by atoms with Gasteiger partial charge in [0.15, 0.2) is 5.76 Å². The fraction of sp³-hybridized carbons (Fsp3) is 0.214. The minimum atomic E-state index is -0.0846. The van der Waals surface area contributed by atoms with Crippen molar-refractivity contribution in [2.24, 2.45) is 0 Å². The number of benzene rings is 1. The van der Waals surface area contributed by atoms with Crippen LogP contribution in [-0.2, 0) is 6.42 Å². The van der Waals surface area contributed by atoms with Gasteiger partial charge in [-0.2, -0.15) is 0 Å². The average molecular weight is 308 g/mol. The van der Waals surface area contributed by atoms with E-state index in [1.807, 2.05) is 31.3 Å². The molecule has 0 aliphatic carbocycles. The number of halogens is 1. The van der Waals surface area contributed by atoms with E-state index in [0.29, 0.717) is 15.8 Å². The van der Waals surface area contributed by atoms with Crippen LogP contribution < -0.4 is 5.32 Å². The first-order valence-electron chi connectivity index (χ1n) is 5.74. The maximum atomic E-state index is 12.4. The summed E-state index contributed by atoms with van der Waals surface area (Å²) >= 11 is 3.31. The summed E-state index contributed by atoms with van der Waals surface area (Å²) in [7, 11) is 1.90. The van der Waals surface area contributed by atoms with Gasteiger partial charge in [0.05, 0.1) is 10.7 Å². The highest BCUT2D eigenvalue weighted by Gasteiger charge is 2.18. The SMILES string of the molecule is CNCCc1ccccc1C(=O)c1occc1Br. The highest BCUT2D eigenvalue weighted by molar-refractivity contribution is 9.10. The Morgan fingerprint density at radius 2 is 2.11 bits per heavy atom. The lowest BCUT2D eigenvalue weighted by atomic mass is 10.00. The summed E-state index contributed by atoms with van der Waals surface area (Å²) in [5, 5.41) is 3.08. The van der Waals surface area contributed by atoms with E-state index in [1.165, 1.54) is 6.26 Å². The molecule has 0 radical (unpaired) electrons. The summed E-state index contributed by atoms with van der Waals surface area (Å²) in [6.45, 7) is 0.837. The topological polar surface area (TPSA) is 42.2 Å². The van der Waals surface area contributed by atoms with E-state index < -0.39 is 0 Å². The highest BCUT2D eigenvalue weighted by Crippen LogP contribution is 2.22. The van der Waals surface area contributed by atoms with E-state index in [-0.39, 0.29) is 5.78 Å². The van der Waals surface area contributed by atoms with E-state index in [0.717, 1.165) is 18.5 Å². The molecule has 0 spiro atoms. The van der Waals surface area contributed by atoms with E-state index in [2.05, 4.69) is 21.2 Å². The molecule has 1 aromatic heterocycles. The highest BCUT2D eigenvalue weighted by atomic mass is 79.9. The number of furan rings is 1. The Morgan fingerprint density at radius 3 is 2.78 bits per heavy atom. The van der Waals surface area contributed by atoms with E-state index in [1.54, 1.807) is 6.07 Å². The molecule has 4 heteroatoms. The quantitative estimate of drug-likeness (QED) is 0.863. The monoisotopic (exact) mass is 307 g/mol. The van der Waals surface area contributed by atoms with Gasteiger partial charge in [0.2, 0.25) is 5.78 Å². The fourth-order valence-corrected chi connectivity index (χ4v) is 2.18. The summed E-state index contributed by atoms with van der Waals surface area (Å²) in [6, 6.07) is 9.35. The number of carbonyl (C=O) groups is 1. The standard InChI is InChI=1S/C14H14BrNO2/c1-16-8-6-10-4-2-3-5-11(10)13(17)14-12(15)7-9-18-14/h2-5,7,9,16H,6,8H2,1H3. The number of rotatable bonds is 5. The molecule has 0 fully saturated rings. The molecule has 0 amide bonds. The molecular weight excluding hydrogens is 294 g/mol. The van der Waals surface area contributed by atoms with Crippen molar-refractivity contribution in [1.82, 2.24) is 5.32 Å². The van der Waals surface area contributed by atoms with Crippen LogP contribution in [-0.4, -0.2) is 19.4 Å². The molecule has 0 saturated heterocycles. The van der Waals surface area contributed by atoms with Crippen LogP contribution in [0, 0.1) is 0 Å². The molecule has 0 aliphatic rings. The van der Waals surface area contributed by atoms with Crippen molar-refractivity contribution in [3.05, 3.63) is 58.0 Å². The van der Waals surface area contributed by atoms with Crippen LogP contribution >= 0.6 is 15.9 Å². The number of hydrogen-bond donors (Lipinski definition) is 1. The predicted octanol–water partition coefficient (Wildman–Crippen LogP) is 3.04. The van der Waals surface area contributed by atoms with Crippen molar-refractivity contribution in [2.45, 2.75) is 6.42 Å². The van der Waals surface area contributed by atoms with Gasteiger partial charge in [0.25, 0.3) is 0 Å². The smallest absolute Gasteiger partial charge is 0.229 e. The maximum absolute atomic E-state index is 12.4. The zero-order chi connectivity index (χ0) is 13.0. The summed E-state index contributed by atoms with van der Waals surface area (Å²) < 4.78 is 5.92. The Balaban J connectivity index is 2.33. The van der Waals surface area contributed by atoms with Crippen LogP contribution in [0.15, 0.2) is 45.5 Å². The lowest BCUT2D eigenvalue weighted by Gasteiger charge is -2.07. The van der Waals surface area contributed by atoms with E-state index >= 15 is 0 Å². The molecule has 0 saturated carbocycles. The summed E-state index contributed by atoms with van der Waals surface area (Å²) in [5.41, 5.74) is 1.73. The Morgan fingerprint density at radius 1 is 1.33 bits per heavy atom. The number of hydrogen-bond acceptors (Lipinski definition) is 3. The minimum absolute atomic E-state index is 0.0846. The average Bonchev–Trinajstić information content (AvgIpc) is 2.82. The molecule has 1 heterocycles. The Bertz CT molecular complexity index is 548. The number of ketones is 1. The zero-order valence-corrected chi connectivity index (χ0v) is 11.7. The van der Waals surface area contributed by atoms with Crippen LogP contribution in [0.25, 0.3) is 0 Å². The van der Waals surface area contributed by atoms with Crippen LogP contribution in [0.2, 0.25) is 0 Å². The number of likely N-dealkylation sites (N-methyl/N-ethyl adjacent to an activating group) is 1. The normalized spacial score (nSPS) is 10.6. The van der Waals surface area contributed by atoms with Crippen molar-refractivity contribution < 1.29 is 9.21 Å². The molecule has 1 N–H and O–H groups in total. The van der Waals surface area contributed by atoms with Crippen molar-refractivity contribution in [3.63, 3.8) is 0 Å². The van der Waals surface area contributed by atoms with Gasteiger partial charge >= 0.3 is 0 Å². The van der Waals surface area contributed by atoms with Gasteiger partial charge < -0.3 is 9.73 Å². The van der Waals surface area contributed by atoms with Crippen LogP contribution in [0.4, 0.5) is 0 Å². The van der Waals surface area contributed by atoms with Gasteiger partial charge in [-0.25, -0.2) is 0 Å². The second kappa shape index (κ2) is 5.98. The molecular formula is C14H14BrNO2. The summed E-state index contributed by atoms with van der Waals surface area (Å²) in [4.78, 5) is 12.4. The summed E-state index contributed by atoms with van der Waals surface area (Å²) in [6.07, 6.45) is 2.32. The van der Waals surface area contributed by atoms with Crippen LogP contribution in [0.5, 0.6) is 0 Å². The largest absolute Gasteiger partial charge is 0.460 e. The maximum Gasteiger partial charge on any atom is 0.229 e. The molecule has 2 aromatic rings. The molecule has 2 rings (SSSR count). The van der Waals surface area contributed by atoms with Gasteiger partial charge in [-0.1, -0.05) is 24.3 Å². The first kappa shape index (κ1) is 13.1. The number of nitrogens with one attached hydrogen (secondary N) is 1. The Hall–Kier alpha value is -1.39. The number of carbonyl (C=O) groups excluding carboxylic acids is 1. The van der Waals surface area contributed by atoms with Crippen LogP contribution in [0.3, 0.4) is 0 Å². The van der Waals surface area contributed by atoms with Crippen LogP contribution in [0.1, 0.15) is 21.7 Å². The third kappa shape index (κ3) is 2.71. The van der Waals surface area contributed by atoms with Gasteiger partial charge in [0.1, 0.15) is 0 Å². The van der Waals surface area contributed by atoms with Gasteiger partial charge in [-0.3, -0.25) is 4.79 Å². The molecule has 0 aliphatic heterocycles. The minimum Gasteiger partial charge on any atom is -0.460 e. The first-order valence-corrected chi connectivity index (χ1v) is 6.53. The zero-order valence-electron chi connectivity index (χ0n) is 10.1. The Labute approximate surface area is 114 Å². The fourth-order valence-electron chi connectivity index (χ4n) is 1.80. The summed E-state index contributed by atoms with van der Waals surface area (Å²) in [5.74, 6) is 0.269. The third-order valence-electron chi connectivity index (χ3n) is 2.73. The third-order valence-corrected chi connectivity index (χ3v) is 3.35. The molecule has 1 aromatic carbocycles. The van der Waals surface area contributed by atoms with E-state index in [9.17, 15) is 4.79 Å². The lowest BCUT2D eigenvalue weighted by Crippen LogP contribution is -2.13. The molecule has 0 unspecified atom stereocenters. The van der Waals surface area contributed by atoms with Crippen molar-refractivity contribution in [1.29, 1.82) is 0 Å². The lowest BCUT2D eigenvalue weighted by molar-refractivity contribution is 0.101. The molecule has 0 atom stereocenters. The molecule has 94 valence electrons. The first-order chi connectivity index (χ1) is 8.74. The van der Waals surface area contributed by atoms with Gasteiger partial charge in [-0.15, -0.1) is 0 Å². The molecule has 18 heavy (non-hydrogen) atoms.